The van der Waals surface area contributed by atoms with Crippen molar-refractivity contribution in [3.8, 4) is 0 Å². The van der Waals surface area contributed by atoms with Crippen molar-refractivity contribution in [2.24, 2.45) is 0 Å². The van der Waals surface area contributed by atoms with E-state index in [0.717, 1.165) is 0 Å². The van der Waals surface area contributed by atoms with Gasteiger partial charge in [-0.05, 0) is 13.8 Å². The first-order valence-electron chi connectivity index (χ1n) is 6.87. The topological polar surface area (TPSA) is 111 Å². The summed E-state index contributed by atoms with van der Waals surface area (Å²) in [6, 6.07) is 0. The van der Waals surface area contributed by atoms with Crippen LogP contribution in [0.2, 0.25) is 0 Å². The zero-order chi connectivity index (χ0) is 16.3. The maximum atomic E-state index is 11.8. The Morgan fingerprint density at radius 1 is 1.59 bits per heavy atom. The monoisotopic (exact) mass is 310 g/mol. The van der Waals surface area contributed by atoms with Gasteiger partial charge in [0.1, 0.15) is 18.9 Å². The smallest absolute Gasteiger partial charge is 0.330 e. The molecule has 1 fully saturated rings. The molecule has 8 heteroatoms. The van der Waals surface area contributed by atoms with Gasteiger partial charge in [-0.15, -0.1) is 0 Å². The van der Waals surface area contributed by atoms with Crippen LogP contribution in [0.25, 0.3) is 0 Å². The molecule has 0 aliphatic carbocycles. The minimum Gasteiger partial charge on any atom is -0.460 e. The summed E-state index contributed by atoms with van der Waals surface area (Å²) < 4.78 is 11.7. The Morgan fingerprint density at radius 2 is 2.32 bits per heavy atom. The average molecular weight is 310 g/mol. The normalized spacial score (nSPS) is 24.8. The summed E-state index contributed by atoms with van der Waals surface area (Å²) >= 11 is 0. The number of nitrogens with zero attached hydrogens (tertiary/aromatic N) is 1. The Morgan fingerprint density at radius 3 is 3.00 bits per heavy atom. The number of aromatic amines is 1. The van der Waals surface area contributed by atoms with Crippen LogP contribution in [0.4, 0.5) is 0 Å². The molecule has 0 radical (unpaired) electrons. The van der Waals surface area contributed by atoms with Crippen molar-refractivity contribution in [1.29, 1.82) is 0 Å². The van der Waals surface area contributed by atoms with Gasteiger partial charge in [0.15, 0.2) is 0 Å². The second-order valence-electron chi connectivity index (χ2n) is 5.04. The predicted octanol–water partition coefficient (Wildman–Crippen LogP) is -0.387. The fourth-order valence-corrected chi connectivity index (χ4v) is 2.18. The van der Waals surface area contributed by atoms with Crippen LogP contribution in [0, 0.1) is 6.92 Å². The number of nitrogens with one attached hydrogen (secondary N) is 1. The summed E-state index contributed by atoms with van der Waals surface area (Å²) in [5.74, 6) is -0.529. The molecule has 8 nitrogen and oxygen atoms in total. The van der Waals surface area contributed by atoms with Crippen LogP contribution < -0.4 is 11.2 Å². The number of H-pyrrole nitrogens is 1. The van der Waals surface area contributed by atoms with Gasteiger partial charge in [0.2, 0.25) is 0 Å². The molecule has 1 aromatic rings. The van der Waals surface area contributed by atoms with E-state index in [-0.39, 0.29) is 13.0 Å². The Labute approximate surface area is 126 Å². The number of esters is 1. The molecule has 1 aliphatic rings. The zero-order valence-corrected chi connectivity index (χ0v) is 12.3. The van der Waals surface area contributed by atoms with Crippen LogP contribution in [0.5, 0.6) is 0 Å². The van der Waals surface area contributed by atoms with Crippen molar-refractivity contribution in [1.82, 2.24) is 9.55 Å². The van der Waals surface area contributed by atoms with Gasteiger partial charge in [-0.3, -0.25) is 14.3 Å². The second-order valence-corrected chi connectivity index (χ2v) is 5.04. The first-order chi connectivity index (χ1) is 10.4. The van der Waals surface area contributed by atoms with Gasteiger partial charge in [0, 0.05) is 24.3 Å². The summed E-state index contributed by atoms with van der Waals surface area (Å²) in [5.41, 5.74) is -0.711. The van der Waals surface area contributed by atoms with Gasteiger partial charge in [0.05, 0.1) is 6.10 Å². The van der Waals surface area contributed by atoms with Crippen molar-refractivity contribution >= 4 is 5.97 Å². The number of aryl methyl sites for hydroxylation is 1. The molecule has 1 saturated heterocycles. The number of aromatic nitrogens is 2. The van der Waals surface area contributed by atoms with E-state index in [1.807, 2.05) is 0 Å². The summed E-state index contributed by atoms with van der Waals surface area (Å²) in [6.07, 6.45) is 2.03. The van der Waals surface area contributed by atoms with Crippen LogP contribution in [-0.4, -0.2) is 39.4 Å². The van der Waals surface area contributed by atoms with Crippen LogP contribution in [0.1, 0.15) is 25.1 Å². The third kappa shape index (κ3) is 3.52. The Kier molecular flexibility index (Phi) is 4.94. The lowest BCUT2D eigenvalue weighted by Gasteiger charge is -2.16. The Balaban J connectivity index is 2.08. The molecule has 0 aromatic carbocycles. The number of aliphatic hydroxyl groups is 1. The molecule has 1 aromatic heterocycles. The fraction of sp³-hybridized carbons (Fsp3) is 0.500. The average Bonchev–Trinajstić information content (AvgIpc) is 2.82. The van der Waals surface area contributed by atoms with E-state index in [2.05, 4.69) is 4.98 Å². The molecular weight excluding hydrogens is 292 g/mol. The summed E-state index contributed by atoms with van der Waals surface area (Å²) in [4.78, 5) is 36.6. The van der Waals surface area contributed by atoms with Crippen molar-refractivity contribution in [3.63, 3.8) is 0 Å². The highest BCUT2D eigenvalue weighted by Gasteiger charge is 2.36. The molecule has 120 valence electrons. The molecule has 0 unspecified atom stereocenters. The molecule has 2 heterocycles. The van der Waals surface area contributed by atoms with Crippen LogP contribution in [0.3, 0.4) is 0 Å². The Hall–Kier alpha value is -2.19. The maximum absolute atomic E-state index is 11.8. The van der Waals surface area contributed by atoms with Gasteiger partial charge in [-0.1, -0.05) is 6.08 Å². The van der Waals surface area contributed by atoms with Crippen molar-refractivity contribution in [3.05, 3.63) is 44.8 Å². The molecule has 2 N–H and O–H groups in total. The predicted molar refractivity (Wildman–Crippen MR) is 76.4 cm³/mol. The van der Waals surface area contributed by atoms with Gasteiger partial charge in [-0.2, -0.15) is 0 Å². The van der Waals surface area contributed by atoms with Crippen LogP contribution in [-0.2, 0) is 14.3 Å². The van der Waals surface area contributed by atoms with E-state index in [4.69, 9.17) is 9.47 Å². The molecule has 2 rings (SSSR count). The van der Waals surface area contributed by atoms with Crippen molar-refractivity contribution < 1.29 is 19.4 Å². The SMILES string of the molecule is C/C=C/C(=O)OC[C@H]1O[C@@H](n2cc(C)c(=O)[nH]c2=O)C[C@@H]1O. The second kappa shape index (κ2) is 6.71. The number of rotatable bonds is 4. The number of allylic oxidation sites excluding steroid dienone is 1. The lowest BCUT2D eigenvalue weighted by atomic mass is 10.2. The van der Waals surface area contributed by atoms with E-state index in [0.29, 0.717) is 5.56 Å². The largest absolute Gasteiger partial charge is 0.460 e. The van der Waals surface area contributed by atoms with Gasteiger partial charge in [0.25, 0.3) is 5.56 Å². The van der Waals surface area contributed by atoms with Gasteiger partial charge in [-0.25, -0.2) is 9.59 Å². The fourth-order valence-electron chi connectivity index (χ4n) is 2.18. The number of carbonyl (C=O) groups is 1. The van der Waals surface area contributed by atoms with E-state index >= 15 is 0 Å². The molecule has 0 saturated carbocycles. The number of hydrogen-bond donors (Lipinski definition) is 2. The minimum atomic E-state index is -0.873. The molecule has 0 spiro atoms. The molecular formula is C14H18N2O6. The van der Waals surface area contributed by atoms with E-state index in [1.54, 1.807) is 19.9 Å². The summed E-state index contributed by atoms with van der Waals surface area (Å²) in [5, 5.41) is 9.96. The Bertz CT molecular complexity index is 689. The zero-order valence-electron chi connectivity index (χ0n) is 12.3. The van der Waals surface area contributed by atoms with E-state index in [1.165, 1.54) is 16.8 Å². The first-order valence-corrected chi connectivity index (χ1v) is 6.87. The maximum Gasteiger partial charge on any atom is 0.330 e. The minimum absolute atomic E-state index is 0.113. The van der Waals surface area contributed by atoms with Gasteiger partial charge >= 0.3 is 11.7 Å². The van der Waals surface area contributed by atoms with Gasteiger partial charge < -0.3 is 14.6 Å². The van der Waals surface area contributed by atoms with Crippen molar-refractivity contribution in [2.45, 2.75) is 38.7 Å². The summed E-state index contributed by atoms with van der Waals surface area (Å²) in [6.45, 7) is 3.14. The number of carbonyl (C=O) groups excluding carboxylic acids is 1. The molecule has 1 aliphatic heterocycles. The standard InChI is InChI=1S/C14H18N2O6/c1-3-4-12(18)21-7-10-9(17)5-11(22-10)16-6-8(2)13(19)15-14(16)20/h3-4,6,9-11,17H,5,7H2,1-2H3,(H,15,19,20)/b4-3+/t9-,10+,11+/m0/s1. The quantitative estimate of drug-likeness (QED) is 0.579. The van der Waals surface area contributed by atoms with Crippen molar-refractivity contribution in [2.75, 3.05) is 6.61 Å². The third-order valence-electron chi connectivity index (χ3n) is 3.35. The summed E-state index contributed by atoms with van der Waals surface area (Å²) in [7, 11) is 0. The van der Waals surface area contributed by atoms with Crippen LogP contribution >= 0.6 is 0 Å². The molecule has 22 heavy (non-hydrogen) atoms. The molecule has 0 amide bonds. The lowest BCUT2D eigenvalue weighted by molar-refractivity contribution is -0.144. The number of ether oxygens (including phenoxy) is 2. The molecule has 3 atom stereocenters. The lowest BCUT2D eigenvalue weighted by Crippen LogP contribution is -2.33. The number of hydrogen-bond acceptors (Lipinski definition) is 6. The highest BCUT2D eigenvalue weighted by Crippen LogP contribution is 2.27. The number of aliphatic hydroxyl groups excluding tert-OH is 1. The van der Waals surface area contributed by atoms with E-state index < -0.39 is 35.7 Å². The first kappa shape index (κ1) is 16.2. The highest BCUT2D eigenvalue weighted by molar-refractivity contribution is 5.81. The van der Waals surface area contributed by atoms with Crippen LogP contribution in [0.15, 0.2) is 27.9 Å². The molecule has 0 bridgehead atoms. The highest BCUT2D eigenvalue weighted by atomic mass is 16.6. The van der Waals surface area contributed by atoms with E-state index in [9.17, 15) is 19.5 Å². The third-order valence-corrected chi connectivity index (χ3v) is 3.35.